The number of para-hydroxylation sites is 1. The van der Waals surface area contributed by atoms with E-state index in [9.17, 15) is 8.42 Å². The highest BCUT2D eigenvalue weighted by Crippen LogP contribution is 2.29. The van der Waals surface area contributed by atoms with Crippen molar-refractivity contribution in [2.24, 2.45) is 7.05 Å². The number of nitrogens with zero attached hydrogens (tertiary/aromatic N) is 5. The first-order chi connectivity index (χ1) is 11.6. The normalized spacial score (nSPS) is 19.8. The van der Waals surface area contributed by atoms with E-state index in [0.29, 0.717) is 6.61 Å². The van der Waals surface area contributed by atoms with Crippen molar-refractivity contribution in [2.45, 2.75) is 11.1 Å². The van der Waals surface area contributed by atoms with Gasteiger partial charge in [-0.2, -0.15) is 19.7 Å². The van der Waals surface area contributed by atoms with Crippen molar-refractivity contribution >= 4 is 20.9 Å². The van der Waals surface area contributed by atoms with Crippen molar-refractivity contribution in [2.75, 3.05) is 19.7 Å². The summed E-state index contributed by atoms with van der Waals surface area (Å²) in [6.45, 7) is 0.763. The van der Waals surface area contributed by atoms with Gasteiger partial charge in [0.25, 0.3) is 10.0 Å². The first-order valence-corrected chi connectivity index (χ1v) is 8.90. The Morgan fingerprint density at radius 1 is 1.33 bits per heavy atom. The van der Waals surface area contributed by atoms with E-state index in [1.54, 1.807) is 4.68 Å². The molecule has 0 aliphatic carbocycles. The summed E-state index contributed by atoms with van der Waals surface area (Å²) in [5.74, 6) is 0. The Bertz CT molecular complexity index is 966. The molecule has 1 N–H and O–H groups in total. The molecule has 24 heavy (non-hydrogen) atoms. The summed E-state index contributed by atoms with van der Waals surface area (Å²) in [5, 5.41) is 15.0. The lowest BCUT2D eigenvalue weighted by atomic mass is 10.1. The van der Waals surface area contributed by atoms with Gasteiger partial charge in [-0.3, -0.25) is 4.68 Å². The summed E-state index contributed by atoms with van der Waals surface area (Å²) in [6.07, 6.45) is 0.780. The lowest BCUT2D eigenvalue weighted by Crippen LogP contribution is -2.42. The Balaban J connectivity index is 1.68. The van der Waals surface area contributed by atoms with Crippen LogP contribution in [0.25, 0.3) is 10.9 Å². The molecule has 9 nitrogen and oxygen atoms in total. The number of ether oxygens (including phenoxy) is 1. The molecule has 1 aromatic carbocycles. The van der Waals surface area contributed by atoms with Crippen LogP contribution in [0.3, 0.4) is 0 Å². The summed E-state index contributed by atoms with van der Waals surface area (Å²) >= 11 is 0. The molecular formula is C14H16N6O3S. The van der Waals surface area contributed by atoms with Crippen LogP contribution >= 0.6 is 0 Å². The number of aromatic nitrogens is 5. The molecule has 0 bridgehead atoms. The summed E-state index contributed by atoms with van der Waals surface area (Å²) in [4.78, 5) is 0. The van der Waals surface area contributed by atoms with Crippen LogP contribution in [0.2, 0.25) is 0 Å². The van der Waals surface area contributed by atoms with E-state index in [2.05, 4.69) is 20.5 Å². The lowest BCUT2D eigenvalue weighted by molar-refractivity contribution is -0.00450. The zero-order valence-electron chi connectivity index (χ0n) is 13.0. The number of rotatable bonds is 3. The highest BCUT2D eigenvalue weighted by Gasteiger charge is 2.34. The summed E-state index contributed by atoms with van der Waals surface area (Å²) < 4.78 is 34.2. The van der Waals surface area contributed by atoms with Crippen molar-refractivity contribution in [3.05, 3.63) is 36.2 Å². The molecule has 0 spiro atoms. The van der Waals surface area contributed by atoms with Gasteiger partial charge in [0.2, 0.25) is 5.03 Å². The van der Waals surface area contributed by atoms with Crippen molar-refractivity contribution in [1.29, 1.82) is 0 Å². The molecule has 1 fully saturated rings. The number of aromatic amines is 1. The predicted molar refractivity (Wildman–Crippen MR) is 84.5 cm³/mol. The minimum atomic E-state index is -3.69. The Morgan fingerprint density at radius 3 is 2.96 bits per heavy atom. The largest absolute Gasteiger partial charge is 0.369 e. The molecule has 3 heterocycles. The van der Waals surface area contributed by atoms with Crippen molar-refractivity contribution in [3.63, 3.8) is 0 Å². The predicted octanol–water partition coefficient (Wildman–Crippen LogP) is 0.454. The van der Waals surface area contributed by atoms with E-state index in [4.69, 9.17) is 4.74 Å². The lowest BCUT2D eigenvalue weighted by Gasteiger charge is -2.30. The number of benzene rings is 1. The van der Waals surface area contributed by atoms with Crippen LogP contribution in [0.15, 0.2) is 35.5 Å². The molecule has 126 valence electrons. The van der Waals surface area contributed by atoms with E-state index in [-0.39, 0.29) is 18.1 Å². The average molecular weight is 348 g/mol. The van der Waals surface area contributed by atoms with Gasteiger partial charge in [-0.1, -0.05) is 18.2 Å². The van der Waals surface area contributed by atoms with Gasteiger partial charge in [-0.25, -0.2) is 8.42 Å². The molecular weight excluding hydrogens is 332 g/mol. The second kappa shape index (κ2) is 5.65. The Kier molecular flexibility index (Phi) is 3.59. The molecule has 4 rings (SSSR count). The molecule has 1 saturated heterocycles. The Labute approximate surface area is 138 Å². The fraction of sp³-hybridized carbons (Fsp3) is 0.357. The number of hydrogen-bond donors (Lipinski definition) is 1. The third-order valence-electron chi connectivity index (χ3n) is 4.12. The van der Waals surface area contributed by atoms with Crippen LogP contribution < -0.4 is 0 Å². The van der Waals surface area contributed by atoms with Gasteiger partial charge in [-0.05, 0) is 6.07 Å². The molecule has 1 aliphatic rings. The number of sulfonamides is 1. The first-order valence-electron chi connectivity index (χ1n) is 7.46. The molecule has 10 heteroatoms. The van der Waals surface area contributed by atoms with E-state index in [0.717, 1.165) is 16.6 Å². The maximum atomic E-state index is 12.6. The van der Waals surface area contributed by atoms with E-state index in [1.165, 1.54) is 10.5 Å². The molecule has 1 atom stereocenters. The number of aryl methyl sites for hydroxylation is 1. The zero-order valence-corrected chi connectivity index (χ0v) is 13.8. The number of H-pyrrole nitrogens is 1. The van der Waals surface area contributed by atoms with E-state index >= 15 is 0 Å². The van der Waals surface area contributed by atoms with E-state index < -0.39 is 16.1 Å². The van der Waals surface area contributed by atoms with Crippen LogP contribution in [0.5, 0.6) is 0 Å². The van der Waals surface area contributed by atoms with Crippen LogP contribution in [0.4, 0.5) is 0 Å². The molecule has 2 aromatic heterocycles. The Hall–Kier alpha value is -2.30. The third-order valence-corrected chi connectivity index (χ3v) is 5.85. The highest BCUT2D eigenvalue weighted by atomic mass is 32.2. The second-order valence-electron chi connectivity index (χ2n) is 5.56. The number of morpholine rings is 1. The fourth-order valence-corrected chi connectivity index (χ4v) is 4.19. The fourth-order valence-electron chi connectivity index (χ4n) is 2.94. The maximum Gasteiger partial charge on any atom is 0.264 e. The highest BCUT2D eigenvalue weighted by molar-refractivity contribution is 7.89. The number of fused-ring (bicyclic) bond motifs is 1. The quantitative estimate of drug-likeness (QED) is 0.737. The van der Waals surface area contributed by atoms with Crippen molar-refractivity contribution in [3.8, 4) is 0 Å². The zero-order chi connectivity index (χ0) is 16.7. The van der Waals surface area contributed by atoms with E-state index in [1.807, 2.05) is 31.3 Å². The minimum absolute atomic E-state index is 0.0889. The van der Waals surface area contributed by atoms with Gasteiger partial charge in [-0.15, -0.1) is 5.10 Å². The van der Waals surface area contributed by atoms with Gasteiger partial charge in [0.05, 0.1) is 18.3 Å². The third kappa shape index (κ3) is 2.39. The molecule has 1 aliphatic heterocycles. The van der Waals surface area contributed by atoms with Gasteiger partial charge >= 0.3 is 0 Å². The van der Waals surface area contributed by atoms with Gasteiger partial charge in [0, 0.05) is 25.5 Å². The summed E-state index contributed by atoms with van der Waals surface area (Å²) in [5.41, 5.74) is 1.72. The SMILES string of the molecule is Cn1nc(C2CN(S(=O)(=O)c3cn[nH]n3)CCO2)c2ccccc21. The van der Waals surface area contributed by atoms with Crippen LogP contribution in [0, 0.1) is 0 Å². The van der Waals surface area contributed by atoms with Gasteiger partial charge in [0.1, 0.15) is 11.8 Å². The standard InChI is InChI=1S/C14H16N6O3S/c1-19-11-5-3-2-4-10(11)14(17-19)12-9-20(6-7-23-12)24(21,22)13-8-15-18-16-13/h2-5,8,12H,6-7,9H2,1H3,(H,15,16,18). The molecule has 1 unspecified atom stereocenters. The monoisotopic (exact) mass is 348 g/mol. The maximum absolute atomic E-state index is 12.6. The van der Waals surface area contributed by atoms with Crippen LogP contribution in [-0.4, -0.2) is 57.6 Å². The van der Waals surface area contributed by atoms with Crippen molar-refractivity contribution < 1.29 is 13.2 Å². The minimum Gasteiger partial charge on any atom is -0.369 e. The molecule has 0 amide bonds. The summed E-state index contributed by atoms with van der Waals surface area (Å²) in [7, 11) is -1.83. The van der Waals surface area contributed by atoms with Gasteiger partial charge < -0.3 is 4.74 Å². The molecule has 3 aromatic rings. The number of nitrogens with one attached hydrogen (secondary N) is 1. The van der Waals surface area contributed by atoms with Crippen LogP contribution in [0.1, 0.15) is 11.8 Å². The Morgan fingerprint density at radius 2 is 2.17 bits per heavy atom. The second-order valence-corrected chi connectivity index (χ2v) is 7.44. The first kappa shape index (κ1) is 15.2. The van der Waals surface area contributed by atoms with Crippen LogP contribution in [-0.2, 0) is 21.8 Å². The topological polar surface area (TPSA) is 106 Å². The number of hydrogen-bond acceptors (Lipinski definition) is 6. The molecule has 0 saturated carbocycles. The van der Waals surface area contributed by atoms with Gasteiger partial charge in [0.15, 0.2) is 0 Å². The molecule has 0 radical (unpaired) electrons. The summed E-state index contributed by atoms with van der Waals surface area (Å²) in [6, 6.07) is 7.81. The smallest absolute Gasteiger partial charge is 0.264 e. The average Bonchev–Trinajstić information content (AvgIpc) is 3.24. The van der Waals surface area contributed by atoms with Crippen molar-refractivity contribution in [1.82, 2.24) is 29.5 Å².